The number of halogens is 1. The molecule has 0 saturated carbocycles. The Morgan fingerprint density at radius 3 is 2.96 bits per heavy atom. The molecule has 5 N–H and O–H groups in total. The molecule has 0 aromatic carbocycles. The number of aliphatic hydroxyl groups is 2. The third-order valence-electron chi connectivity index (χ3n) is 3.70. The Labute approximate surface area is 141 Å². The normalized spacial score (nSPS) is 24.6. The number of hydrogen-bond acceptors (Lipinski definition) is 6. The number of nitrogens with one attached hydrogen (secondary N) is 1. The lowest BCUT2D eigenvalue weighted by Crippen LogP contribution is -2.31. The first-order chi connectivity index (χ1) is 11.3. The van der Waals surface area contributed by atoms with Crippen molar-refractivity contribution in [1.29, 1.82) is 0 Å². The van der Waals surface area contributed by atoms with Gasteiger partial charge in [0.2, 0.25) is 17.1 Å². The molecular weight excluding hydrogens is 336 g/mol. The summed E-state index contributed by atoms with van der Waals surface area (Å²) in [5.74, 6) is 4.80. The fraction of sp³-hybridized carbons (Fsp3) is 0.333. The van der Waals surface area contributed by atoms with Crippen molar-refractivity contribution < 1.29 is 14.9 Å². The van der Waals surface area contributed by atoms with Crippen LogP contribution in [-0.2, 0) is 4.74 Å². The summed E-state index contributed by atoms with van der Waals surface area (Å²) in [7, 11) is 0. The largest absolute Gasteiger partial charge is 0.506 e. The van der Waals surface area contributed by atoms with Crippen molar-refractivity contribution in [3.05, 3.63) is 34.1 Å². The monoisotopic (exact) mass is 350 g/mol. The number of aromatic nitrogens is 3. The van der Waals surface area contributed by atoms with Crippen LogP contribution in [0.3, 0.4) is 0 Å². The van der Waals surface area contributed by atoms with E-state index in [9.17, 15) is 15.0 Å². The molecule has 0 fully saturated rings. The lowest BCUT2D eigenvalue weighted by Gasteiger charge is -2.24. The summed E-state index contributed by atoms with van der Waals surface area (Å²) in [4.78, 5) is 16.8. The molecule has 0 radical (unpaired) electrons. The molecule has 8 nitrogen and oxygen atoms in total. The topological polar surface area (TPSA) is 126 Å². The van der Waals surface area contributed by atoms with Crippen molar-refractivity contribution in [1.82, 2.24) is 14.5 Å². The van der Waals surface area contributed by atoms with Gasteiger partial charge in [-0.25, -0.2) is 0 Å². The van der Waals surface area contributed by atoms with Crippen molar-refractivity contribution in [3.63, 3.8) is 0 Å². The molecule has 2 aromatic rings. The third-order valence-corrected chi connectivity index (χ3v) is 4.16. The van der Waals surface area contributed by atoms with E-state index >= 15 is 0 Å². The SMILES string of the molecule is CC#CC1(Cl)C(O)=C([C@H](C)O)O[C@H]1n1ccc2c(=O)[nH]c(N)nc21. The number of aliphatic hydroxyl groups excluding tert-OH is 2. The summed E-state index contributed by atoms with van der Waals surface area (Å²) in [5.41, 5.74) is 5.41. The second-order valence-electron chi connectivity index (χ2n) is 5.36. The molecule has 3 atom stereocenters. The van der Waals surface area contributed by atoms with E-state index in [1.807, 2.05) is 0 Å². The number of alkyl halides is 1. The molecule has 3 rings (SSSR count). The number of nitrogens with zero attached hydrogens (tertiary/aromatic N) is 2. The summed E-state index contributed by atoms with van der Waals surface area (Å²) in [5, 5.41) is 20.5. The first-order valence-corrected chi connectivity index (χ1v) is 7.45. The van der Waals surface area contributed by atoms with E-state index in [0.717, 1.165) is 0 Å². The van der Waals surface area contributed by atoms with Crippen molar-refractivity contribution in [2.45, 2.75) is 31.1 Å². The van der Waals surface area contributed by atoms with Gasteiger partial charge >= 0.3 is 0 Å². The number of rotatable bonds is 2. The van der Waals surface area contributed by atoms with Crippen LogP contribution in [0.4, 0.5) is 5.95 Å². The maximum atomic E-state index is 12.0. The van der Waals surface area contributed by atoms with Crippen molar-refractivity contribution in [2.24, 2.45) is 0 Å². The zero-order chi connectivity index (χ0) is 17.6. The van der Waals surface area contributed by atoms with Crippen LogP contribution in [0.5, 0.6) is 0 Å². The molecule has 0 saturated heterocycles. The highest BCUT2D eigenvalue weighted by Gasteiger charge is 2.52. The van der Waals surface area contributed by atoms with Gasteiger partial charge in [0.15, 0.2) is 17.2 Å². The zero-order valence-corrected chi connectivity index (χ0v) is 13.6. The number of aromatic amines is 1. The molecule has 126 valence electrons. The molecule has 1 unspecified atom stereocenters. The van der Waals surface area contributed by atoms with Gasteiger partial charge in [-0.2, -0.15) is 4.98 Å². The summed E-state index contributed by atoms with van der Waals surface area (Å²) in [6.07, 6.45) is -0.596. The number of fused-ring (bicyclic) bond motifs is 1. The predicted molar refractivity (Wildman–Crippen MR) is 88.3 cm³/mol. The van der Waals surface area contributed by atoms with E-state index in [0.29, 0.717) is 0 Å². The van der Waals surface area contributed by atoms with Gasteiger partial charge in [0.1, 0.15) is 6.10 Å². The highest BCUT2D eigenvalue weighted by atomic mass is 35.5. The standard InChI is InChI=1S/C15H15ClN4O4/c1-3-5-15(16)10(22)9(7(2)21)24-13(15)20-6-4-8-11(20)18-14(17)19-12(8)23/h4,6-7,13,21-22H,1-2H3,(H3,17,18,19,23)/t7-,13+,15?/m0/s1. The van der Waals surface area contributed by atoms with Crippen LogP contribution in [0.2, 0.25) is 0 Å². The van der Waals surface area contributed by atoms with Crippen LogP contribution in [0.15, 0.2) is 28.6 Å². The molecule has 1 aliphatic rings. The van der Waals surface area contributed by atoms with Crippen molar-refractivity contribution in [2.75, 3.05) is 5.73 Å². The Morgan fingerprint density at radius 1 is 1.62 bits per heavy atom. The van der Waals surface area contributed by atoms with Crippen LogP contribution >= 0.6 is 11.6 Å². The lowest BCUT2D eigenvalue weighted by atomic mass is 10.1. The summed E-state index contributed by atoms with van der Waals surface area (Å²) >= 11 is 6.51. The number of nitrogens with two attached hydrogens (primary N) is 1. The minimum atomic E-state index is -1.63. The molecule has 24 heavy (non-hydrogen) atoms. The van der Waals surface area contributed by atoms with Gasteiger partial charge in [0.25, 0.3) is 5.56 Å². The Hall–Kier alpha value is -2.63. The minimum absolute atomic E-state index is 0.0693. The third kappa shape index (κ3) is 2.21. The Morgan fingerprint density at radius 2 is 2.33 bits per heavy atom. The van der Waals surface area contributed by atoms with Gasteiger partial charge in [0, 0.05) is 6.20 Å². The molecule has 1 aliphatic heterocycles. The van der Waals surface area contributed by atoms with E-state index in [1.54, 1.807) is 6.92 Å². The predicted octanol–water partition coefficient (Wildman–Crippen LogP) is 0.987. The quantitative estimate of drug-likeness (QED) is 0.472. The van der Waals surface area contributed by atoms with E-state index < -0.39 is 22.8 Å². The molecule has 0 amide bonds. The van der Waals surface area contributed by atoms with Gasteiger partial charge in [-0.1, -0.05) is 17.5 Å². The van der Waals surface area contributed by atoms with Gasteiger partial charge in [-0.3, -0.25) is 14.3 Å². The zero-order valence-electron chi connectivity index (χ0n) is 12.9. The summed E-state index contributed by atoms with van der Waals surface area (Å²) in [6, 6.07) is 1.53. The van der Waals surface area contributed by atoms with E-state index in [2.05, 4.69) is 21.8 Å². The van der Waals surface area contributed by atoms with E-state index in [-0.39, 0.29) is 28.5 Å². The first-order valence-electron chi connectivity index (χ1n) is 7.07. The van der Waals surface area contributed by atoms with E-state index in [1.165, 1.54) is 23.8 Å². The second kappa shape index (κ2) is 5.47. The average Bonchev–Trinajstić information content (AvgIpc) is 3.00. The van der Waals surface area contributed by atoms with Crippen molar-refractivity contribution >= 4 is 28.6 Å². The van der Waals surface area contributed by atoms with Crippen LogP contribution in [-0.4, -0.2) is 35.7 Å². The maximum Gasteiger partial charge on any atom is 0.261 e. The average molecular weight is 351 g/mol. The Kier molecular flexibility index (Phi) is 3.70. The Balaban J connectivity index is 2.23. The number of hydrogen-bond donors (Lipinski definition) is 4. The molecule has 9 heteroatoms. The van der Waals surface area contributed by atoms with Gasteiger partial charge < -0.3 is 20.7 Å². The number of anilines is 1. The van der Waals surface area contributed by atoms with Crippen LogP contribution in [0, 0.1) is 11.8 Å². The van der Waals surface area contributed by atoms with Gasteiger partial charge in [-0.15, -0.1) is 5.92 Å². The Bertz CT molecular complexity index is 965. The molecule has 0 aliphatic carbocycles. The van der Waals surface area contributed by atoms with Crippen LogP contribution in [0.25, 0.3) is 11.0 Å². The van der Waals surface area contributed by atoms with Crippen LogP contribution < -0.4 is 11.3 Å². The van der Waals surface area contributed by atoms with Gasteiger partial charge in [-0.05, 0) is 19.9 Å². The fourth-order valence-corrected chi connectivity index (χ4v) is 2.99. The summed E-state index contributed by atoms with van der Waals surface area (Å²) in [6.45, 7) is 2.99. The molecule has 2 aromatic heterocycles. The van der Waals surface area contributed by atoms with Crippen molar-refractivity contribution in [3.8, 4) is 11.8 Å². The second-order valence-corrected chi connectivity index (χ2v) is 5.95. The number of H-pyrrole nitrogens is 1. The summed E-state index contributed by atoms with van der Waals surface area (Å²) < 4.78 is 7.10. The fourth-order valence-electron chi connectivity index (χ4n) is 2.65. The van der Waals surface area contributed by atoms with E-state index in [4.69, 9.17) is 22.1 Å². The van der Waals surface area contributed by atoms with Crippen LogP contribution in [0.1, 0.15) is 20.1 Å². The number of ether oxygens (including phenoxy) is 1. The maximum absolute atomic E-state index is 12.0. The molecule has 0 spiro atoms. The molecular formula is C15H15ClN4O4. The highest BCUT2D eigenvalue weighted by molar-refractivity contribution is 6.28. The lowest BCUT2D eigenvalue weighted by molar-refractivity contribution is 0.0366. The highest BCUT2D eigenvalue weighted by Crippen LogP contribution is 2.46. The first kappa shape index (κ1) is 16.2. The number of nitrogen functional groups attached to an aromatic ring is 1. The molecule has 0 bridgehead atoms. The smallest absolute Gasteiger partial charge is 0.261 e. The molecule has 3 heterocycles. The van der Waals surface area contributed by atoms with Gasteiger partial charge in [0.05, 0.1) is 5.39 Å². The minimum Gasteiger partial charge on any atom is -0.506 e.